The third kappa shape index (κ3) is 4.37. The van der Waals surface area contributed by atoms with Gasteiger partial charge in [0.25, 0.3) is 5.91 Å². The van der Waals surface area contributed by atoms with Crippen LogP contribution in [0, 0.1) is 11.8 Å². The van der Waals surface area contributed by atoms with Crippen molar-refractivity contribution in [3.05, 3.63) is 34.9 Å². The maximum atomic E-state index is 12.7. The van der Waals surface area contributed by atoms with Gasteiger partial charge in [-0.3, -0.25) is 19.7 Å². The van der Waals surface area contributed by atoms with Gasteiger partial charge >= 0.3 is 0 Å². The Morgan fingerprint density at radius 1 is 1.15 bits per heavy atom. The molecular weight excluding hydrogens is 344 g/mol. The second-order valence-electron chi connectivity index (χ2n) is 6.92. The molecule has 0 aliphatic carbocycles. The van der Waals surface area contributed by atoms with Crippen molar-refractivity contribution in [2.75, 3.05) is 6.61 Å². The van der Waals surface area contributed by atoms with Crippen LogP contribution in [0.25, 0.3) is 0 Å². The summed E-state index contributed by atoms with van der Waals surface area (Å²) in [5.41, 5.74) is 2.28. The molecule has 2 heterocycles. The Kier molecular flexibility index (Phi) is 6.25. The van der Waals surface area contributed by atoms with Gasteiger partial charge in [0, 0.05) is 37.1 Å². The van der Waals surface area contributed by atoms with E-state index in [2.05, 4.69) is 17.2 Å². The molecule has 1 fully saturated rings. The maximum absolute atomic E-state index is 12.7. The van der Waals surface area contributed by atoms with Crippen LogP contribution < -0.4 is 5.32 Å². The number of nitrogens with one attached hydrogen (secondary N) is 1. The predicted molar refractivity (Wildman–Crippen MR) is 99.5 cm³/mol. The lowest BCUT2D eigenvalue weighted by atomic mass is 10.0. The first-order chi connectivity index (χ1) is 13.1. The first-order valence-corrected chi connectivity index (χ1v) is 9.48. The molecule has 0 aromatic heterocycles. The quantitative estimate of drug-likeness (QED) is 0.455. The van der Waals surface area contributed by atoms with Gasteiger partial charge in [0.2, 0.25) is 11.8 Å². The molecule has 3 amide bonds. The van der Waals surface area contributed by atoms with Crippen molar-refractivity contribution in [2.24, 2.45) is 0 Å². The molecule has 0 saturated carbocycles. The van der Waals surface area contributed by atoms with E-state index < -0.39 is 11.9 Å². The van der Waals surface area contributed by atoms with Crippen molar-refractivity contribution < 1.29 is 19.5 Å². The zero-order valence-corrected chi connectivity index (χ0v) is 15.3. The second-order valence-corrected chi connectivity index (χ2v) is 6.92. The van der Waals surface area contributed by atoms with Crippen molar-refractivity contribution in [1.82, 2.24) is 10.2 Å². The van der Waals surface area contributed by atoms with Gasteiger partial charge < -0.3 is 10.0 Å². The normalized spacial score (nSPS) is 18.8. The van der Waals surface area contributed by atoms with Crippen LogP contribution in [0.5, 0.6) is 0 Å². The molecule has 1 aromatic rings. The molecule has 6 nitrogen and oxygen atoms in total. The van der Waals surface area contributed by atoms with Gasteiger partial charge in [-0.05, 0) is 37.0 Å². The molecule has 1 saturated heterocycles. The number of fused-ring (bicyclic) bond motifs is 1. The van der Waals surface area contributed by atoms with Crippen LogP contribution in [0.3, 0.4) is 0 Å². The molecule has 1 atom stereocenters. The molecule has 0 bridgehead atoms. The van der Waals surface area contributed by atoms with Crippen molar-refractivity contribution >= 4 is 17.7 Å². The van der Waals surface area contributed by atoms with Gasteiger partial charge in [-0.15, -0.1) is 0 Å². The number of hydrogen-bond donors (Lipinski definition) is 2. The van der Waals surface area contributed by atoms with Crippen LogP contribution in [0.15, 0.2) is 18.2 Å². The smallest absolute Gasteiger partial charge is 0.255 e. The molecule has 2 N–H and O–H groups in total. The molecular formula is C21H24N2O4. The molecule has 1 unspecified atom stereocenters. The Balaban J connectivity index is 1.67. The van der Waals surface area contributed by atoms with Crippen molar-refractivity contribution in [1.29, 1.82) is 0 Å². The van der Waals surface area contributed by atoms with Crippen molar-refractivity contribution in [3.8, 4) is 11.8 Å². The number of aliphatic hydroxyl groups is 1. The molecule has 2 aliphatic heterocycles. The highest BCUT2D eigenvalue weighted by Gasteiger charge is 2.39. The monoisotopic (exact) mass is 368 g/mol. The number of benzene rings is 1. The highest BCUT2D eigenvalue weighted by molar-refractivity contribution is 6.05. The first kappa shape index (κ1) is 19.1. The Bertz CT molecular complexity index is 806. The fourth-order valence-electron chi connectivity index (χ4n) is 3.54. The molecule has 1 aromatic carbocycles. The van der Waals surface area contributed by atoms with E-state index in [1.54, 1.807) is 11.0 Å². The largest absolute Gasteiger partial charge is 0.396 e. The summed E-state index contributed by atoms with van der Waals surface area (Å²) >= 11 is 0. The van der Waals surface area contributed by atoms with Crippen molar-refractivity contribution in [2.45, 2.75) is 57.5 Å². The number of nitrogens with zero attached hydrogens (tertiary/aromatic N) is 1. The molecule has 6 heteroatoms. The van der Waals surface area contributed by atoms with Crippen LogP contribution in [-0.4, -0.2) is 40.4 Å². The molecule has 27 heavy (non-hydrogen) atoms. The van der Waals surface area contributed by atoms with Gasteiger partial charge in [0.1, 0.15) is 6.04 Å². The van der Waals surface area contributed by atoms with Crippen LogP contribution in [0.2, 0.25) is 0 Å². The van der Waals surface area contributed by atoms with Crippen molar-refractivity contribution in [3.63, 3.8) is 0 Å². The molecule has 0 radical (unpaired) electrons. The fraction of sp³-hybridized carbons (Fsp3) is 0.476. The van der Waals surface area contributed by atoms with Gasteiger partial charge in [-0.2, -0.15) is 0 Å². The average Bonchev–Trinajstić information content (AvgIpc) is 2.98. The number of carbonyl (C=O) groups is 3. The average molecular weight is 368 g/mol. The lowest BCUT2D eigenvalue weighted by Crippen LogP contribution is -2.52. The summed E-state index contributed by atoms with van der Waals surface area (Å²) in [4.78, 5) is 37.8. The SMILES string of the molecule is O=C1CCC(N2Cc3c(C#CCCCCCCO)cccc3C2=O)C(=O)N1. The minimum atomic E-state index is -0.602. The van der Waals surface area contributed by atoms with E-state index in [0.29, 0.717) is 18.5 Å². The zero-order valence-electron chi connectivity index (χ0n) is 15.3. The van der Waals surface area contributed by atoms with Crippen LogP contribution in [-0.2, 0) is 16.1 Å². The summed E-state index contributed by atoms with van der Waals surface area (Å²) in [5.74, 6) is 5.47. The summed E-state index contributed by atoms with van der Waals surface area (Å²) in [6, 6.07) is 4.88. The number of rotatable bonds is 6. The Hall–Kier alpha value is -2.65. The third-order valence-electron chi connectivity index (χ3n) is 5.02. The number of piperidine rings is 1. The minimum Gasteiger partial charge on any atom is -0.396 e. The van der Waals surface area contributed by atoms with E-state index in [0.717, 1.165) is 43.2 Å². The lowest BCUT2D eigenvalue weighted by Gasteiger charge is -2.29. The molecule has 3 rings (SSSR count). The number of carbonyl (C=O) groups excluding carboxylic acids is 3. The topological polar surface area (TPSA) is 86.7 Å². The Labute approximate surface area is 158 Å². The van der Waals surface area contributed by atoms with E-state index >= 15 is 0 Å². The Morgan fingerprint density at radius 2 is 1.96 bits per heavy atom. The number of amides is 3. The van der Waals surface area contributed by atoms with E-state index in [1.165, 1.54) is 0 Å². The molecule has 142 valence electrons. The maximum Gasteiger partial charge on any atom is 0.255 e. The van der Waals surface area contributed by atoms with E-state index in [4.69, 9.17) is 5.11 Å². The number of imide groups is 1. The lowest BCUT2D eigenvalue weighted by molar-refractivity contribution is -0.136. The van der Waals surface area contributed by atoms with E-state index in [9.17, 15) is 14.4 Å². The number of hydrogen-bond acceptors (Lipinski definition) is 4. The molecule has 2 aliphatic rings. The summed E-state index contributed by atoms with van der Waals surface area (Å²) in [5, 5.41) is 11.1. The standard InChI is InChI=1S/C21H24N2O4/c24-13-6-4-2-1-3-5-8-15-9-7-10-16-17(15)14-23(21(16)27)18-11-12-19(25)22-20(18)26/h7,9-10,18,24H,1-4,6,11-14H2,(H,22,25,26). The predicted octanol–water partition coefficient (Wildman–Crippen LogP) is 1.74. The van der Waals surface area contributed by atoms with Crippen LogP contribution >= 0.6 is 0 Å². The third-order valence-corrected chi connectivity index (χ3v) is 5.02. The first-order valence-electron chi connectivity index (χ1n) is 9.48. The summed E-state index contributed by atoms with van der Waals surface area (Å²) < 4.78 is 0. The second kappa shape index (κ2) is 8.83. The van der Waals surface area contributed by atoms with Crippen LogP contribution in [0.1, 0.15) is 66.4 Å². The summed E-state index contributed by atoms with van der Waals surface area (Å²) in [7, 11) is 0. The van der Waals surface area contributed by atoms with Gasteiger partial charge in [-0.1, -0.05) is 30.7 Å². The van der Waals surface area contributed by atoms with Crippen LogP contribution in [0.4, 0.5) is 0 Å². The van der Waals surface area contributed by atoms with E-state index in [1.807, 2.05) is 12.1 Å². The highest BCUT2D eigenvalue weighted by Crippen LogP contribution is 2.29. The number of aliphatic hydroxyl groups excluding tert-OH is 1. The van der Waals surface area contributed by atoms with Gasteiger partial charge in [-0.25, -0.2) is 0 Å². The van der Waals surface area contributed by atoms with Gasteiger partial charge in [0.15, 0.2) is 0 Å². The number of unbranched alkanes of at least 4 members (excludes halogenated alkanes) is 4. The molecule has 0 spiro atoms. The summed E-state index contributed by atoms with van der Waals surface area (Å²) in [6.07, 6.45) is 5.26. The minimum absolute atomic E-state index is 0.174. The Morgan fingerprint density at radius 3 is 2.74 bits per heavy atom. The highest BCUT2D eigenvalue weighted by atomic mass is 16.3. The zero-order chi connectivity index (χ0) is 19.2. The van der Waals surface area contributed by atoms with Gasteiger partial charge in [0.05, 0.1) is 0 Å². The summed E-state index contributed by atoms with van der Waals surface area (Å²) in [6.45, 7) is 0.585. The van der Waals surface area contributed by atoms with E-state index in [-0.39, 0.29) is 24.8 Å². The fourth-order valence-corrected chi connectivity index (χ4v) is 3.54.